The topological polar surface area (TPSA) is 29.5 Å². The Labute approximate surface area is 72.0 Å². The number of carbonyl (C=O) groups excluding carboxylic acids is 1. The summed E-state index contributed by atoms with van der Waals surface area (Å²) < 4.78 is 5.39. The molecule has 0 radical (unpaired) electrons. The Morgan fingerprint density at radius 1 is 1.58 bits per heavy atom. The van der Waals surface area contributed by atoms with Crippen LogP contribution in [0.3, 0.4) is 0 Å². The van der Waals surface area contributed by atoms with Crippen LogP contribution in [0.25, 0.3) is 0 Å². The van der Waals surface area contributed by atoms with Crippen LogP contribution >= 0.6 is 0 Å². The van der Waals surface area contributed by atoms with Gasteiger partial charge in [0.15, 0.2) is 0 Å². The lowest BCUT2D eigenvalue weighted by atomic mass is 9.86. The maximum atomic E-state index is 11.2. The van der Waals surface area contributed by atoms with Gasteiger partial charge in [0.2, 0.25) is 5.91 Å². The summed E-state index contributed by atoms with van der Waals surface area (Å²) in [5.41, 5.74) is 0.0667. The first-order valence-corrected chi connectivity index (χ1v) is 4.31. The largest absolute Gasteiger partial charge is 0.371 e. The lowest BCUT2D eigenvalue weighted by Crippen LogP contribution is -2.69. The van der Waals surface area contributed by atoms with Gasteiger partial charge in [0.25, 0.3) is 0 Å². The second-order valence-corrected chi connectivity index (χ2v) is 3.48. The van der Waals surface area contributed by atoms with Crippen molar-refractivity contribution < 1.29 is 9.53 Å². The molecule has 2 aliphatic heterocycles. The standard InChI is InChI=1S/C9H13NO2/c1-2-3-8(11)10-6-9(7-10)4-5-12-9/h2-3H,4-7H2,1H3/b3-2+. The molecule has 3 heteroatoms. The van der Waals surface area contributed by atoms with Gasteiger partial charge in [-0.1, -0.05) is 6.08 Å². The third-order valence-corrected chi connectivity index (χ3v) is 2.54. The number of hydrogen-bond donors (Lipinski definition) is 0. The summed E-state index contributed by atoms with van der Waals surface area (Å²) >= 11 is 0. The minimum Gasteiger partial charge on any atom is -0.371 e. The molecule has 0 aliphatic carbocycles. The predicted molar refractivity (Wildman–Crippen MR) is 44.7 cm³/mol. The number of carbonyl (C=O) groups is 1. The molecule has 0 unspecified atom stereocenters. The molecule has 0 saturated carbocycles. The molecule has 1 spiro atoms. The number of amides is 1. The Morgan fingerprint density at radius 3 is 2.67 bits per heavy atom. The Bertz CT molecular complexity index is 223. The molecule has 12 heavy (non-hydrogen) atoms. The van der Waals surface area contributed by atoms with Crippen molar-refractivity contribution in [2.75, 3.05) is 19.7 Å². The van der Waals surface area contributed by atoms with Crippen molar-refractivity contribution in [3.8, 4) is 0 Å². The third kappa shape index (κ3) is 1.05. The van der Waals surface area contributed by atoms with E-state index in [2.05, 4.69) is 0 Å². The van der Waals surface area contributed by atoms with Gasteiger partial charge in [0, 0.05) is 6.42 Å². The van der Waals surface area contributed by atoms with E-state index in [-0.39, 0.29) is 11.5 Å². The first-order chi connectivity index (χ1) is 5.76. The molecule has 0 N–H and O–H groups in total. The lowest BCUT2D eigenvalue weighted by Gasteiger charge is -2.54. The molecule has 0 aromatic heterocycles. The molecule has 0 atom stereocenters. The second kappa shape index (κ2) is 2.59. The van der Waals surface area contributed by atoms with E-state index in [0.717, 1.165) is 26.1 Å². The van der Waals surface area contributed by atoms with E-state index in [1.807, 2.05) is 11.8 Å². The summed E-state index contributed by atoms with van der Waals surface area (Å²) in [5, 5.41) is 0. The molecule has 0 aromatic carbocycles. The van der Waals surface area contributed by atoms with Gasteiger partial charge in [-0.25, -0.2) is 0 Å². The van der Waals surface area contributed by atoms with Gasteiger partial charge < -0.3 is 9.64 Å². The average Bonchev–Trinajstić information content (AvgIpc) is 1.81. The van der Waals surface area contributed by atoms with Gasteiger partial charge in [-0.15, -0.1) is 0 Å². The number of allylic oxidation sites excluding steroid dienone is 1. The monoisotopic (exact) mass is 167 g/mol. The molecular formula is C9H13NO2. The molecule has 1 amide bonds. The molecule has 2 heterocycles. The Balaban J connectivity index is 1.84. The molecule has 2 fully saturated rings. The minimum atomic E-state index is 0.0667. The molecule has 2 rings (SSSR count). The van der Waals surface area contributed by atoms with E-state index in [4.69, 9.17) is 4.74 Å². The van der Waals surface area contributed by atoms with E-state index in [1.165, 1.54) is 0 Å². The van der Waals surface area contributed by atoms with E-state index in [9.17, 15) is 4.79 Å². The van der Waals surface area contributed by atoms with Gasteiger partial charge in [0.1, 0.15) is 5.60 Å². The number of ether oxygens (including phenoxy) is 1. The van der Waals surface area contributed by atoms with Crippen molar-refractivity contribution in [2.45, 2.75) is 18.9 Å². The first-order valence-electron chi connectivity index (χ1n) is 4.31. The molecule has 2 saturated heterocycles. The third-order valence-electron chi connectivity index (χ3n) is 2.54. The lowest BCUT2D eigenvalue weighted by molar-refractivity contribution is -0.219. The van der Waals surface area contributed by atoms with Crippen LogP contribution in [0.1, 0.15) is 13.3 Å². The van der Waals surface area contributed by atoms with Crippen molar-refractivity contribution in [3.63, 3.8) is 0 Å². The summed E-state index contributed by atoms with van der Waals surface area (Å²) in [6.45, 7) is 4.30. The highest BCUT2D eigenvalue weighted by Gasteiger charge is 2.50. The minimum absolute atomic E-state index is 0.0667. The normalized spacial score (nSPS) is 25.6. The van der Waals surface area contributed by atoms with Crippen LogP contribution in [0.4, 0.5) is 0 Å². The fraction of sp³-hybridized carbons (Fsp3) is 0.667. The van der Waals surface area contributed by atoms with Gasteiger partial charge in [-0.3, -0.25) is 4.79 Å². The zero-order valence-corrected chi connectivity index (χ0v) is 7.25. The maximum Gasteiger partial charge on any atom is 0.246 e. The van der Waals surface area contributed by atoms with Crippen LogP contribution in [0.2, 0.25) is 0 Å². The number of rotatable bonds is 1. The average molecular weight is 167 g/mol. The molecule has 66 valence electrons. The Hall–Kier alpha value is -0.830. The van der Waals surface area contributed by atoms with Gasteiger partial charge in [-0.05, 0) is 13.0 Å². The van der Waals surface area contributed by atoms with Crippen LogP contribution < -0.4 is 0 Å². The van der Waals surface area contributed by atoms with Crippen LogP contribution in [0.5, 0.6) is 0 Å². The van der Waals surface area contributed by atoms with Gasteiger partial charge in [-0.2, -0.15) is 0 Å². The number of hydrogen-bond acceptors (Lipinski definition) is 2. The van der Waals surface area contributed by atoms with Crippen LogP contribution in [-0.4, -0.2) is 36.1 Å². The van der Waals surface area contributed by atoms with Gasteiger partial charge >= 0.3 is 0 Å². The molecule has 0 bridgehead atoms. The number of likely N-dealkylation sites (tertiary alicyclic amines) is 1. The fourth-order valence-corrected chi connectivity index (χ4v) is 1.69. The van der Waals surface area contributed by atoms with E-state index in [1.54, 1.807) is 12.2 Å². The first kappa shape index (κ1) is 7.80. The summed E-state index contributed by atoms with van der Waals surface area (Å²) in [6.07, 6.45) is 4.49. The van der Waals surface area contributed by atoms with E-state index < -0.39 is 0 Å². The maximum absolute atomic E-state index is 11.2. The Kier molecular flexibility index (Phi) is 1.68. The van der Waals surface area contributed by atoms with Crippen molar-refractivity contribution in [2.24, 2.45) is 0 Å². The second-order valence-electron chi connectivity index (χ2n) is 3.48. The number of nitrogens with zero attached hydrogens (tertiary/aromatic N) is 1. The van der Waals surface area contributed by atoms with Crippen LogP contribution in [-0.2, 0) is 9.53 Å². The highest BCUT2D eigenvalue weighted by Crippen LogP contribution is 2.35. The summed E-state index contributed by atoms with van der Waals surface area (Å²) in [7, 11) is 0. The highest BCUT2D eigenvalue weighted by molar-refractivity contribution is 5.88. The molecular weight excluding hydrogens is 154 g/mol. The molecule has 3 nitrogen and oxygen atoms in total. The van der Waals surface area contributed by atoms with Crippen molar-refractivity contribution in [3.05, 3.63) is 12.2 Å². The van der Waals surface area contributed by atoms with E-state index in [0.29, 0.717) is 0 Å². The molecule has 0 aromatic rings. The summed E-state index contributed by atoms with van der Waals surface area (Å²) in [5.74, 6) is 0.110. The van der Waals surface area contributed by atoms with Crippen LogP contribution in [0, 0.1) is 0 Å². The summed E-state index contributed by atoms with van der Waals surface area (Å²) in [6, 6.07) is 0. The van der Waals surface area contributed by atoms with Crippen molar-refractivity contribution in [1.82, 2.24) is 4.90 Å². The quantitative estimate of drug-likeness (QED) is 0.534. The predicted octanol–water partition coefficient (Wildman–Crippen LogP) is 0.564. The van der Waals surface area contributed by atoms with Gasteiger partial charge in [0.05, 0.1) is 19.7 Å². The summed E-state index contributed by atoms with van der Waals surface area (Å²) in [4.78, 5) is 13.1. The fourth-order valence-electron chi connectivity index (χ4n) is 1.69. The Morgan fingerprint density at radius 2 is 2.25 bits per heavy atom. The highest BCUT2D eigenvalue weighted by atomic mass is 16.5. The van der Waals surface area contributed by atoms with E-state index >= 15 is 0 Å². The van der Waals surface area contributed by atoms with Crippen molar-refractivity contribution >= 4 is 5.91 Å². The molecule has 2 aliphatic rings. The van der Waals surface area contributed by atoms with Crippen molar-refractivity contribution in [1.29, 1.82) is 0 Å². The van der Waals surface area contributed by atoms with Crippen LogP contribution in [0.15, 0.2) is 12.2 Å². The smallest absolute Gasteiger partial charge is 0.246 e. The SMILES string of the molecule is C/C=C/C(=O)N1CC2(CCO2)C1. The zero-order valence-electron chi connectivity index (χ0n) is 7.25. The zero-order chi connectivity index (χ0) is 8.60.